The molecule has 34 heavy (non-hydrogen) atoms. The van der Waals surface area contributed by atoms with Crippen molar-refractivity contribution < 1.29 is 27.9 Å². The number of sulfonamides is 1. The predicted octanol–water partition coefficient (Wildman–Crippen LogP) is 0.231. The summed E-state index contributed by atoms with van der Waals surface area (Å²) < 4.78 is 26.9. The Morgan fingerprint density at radius 2 is 1.71 bits per heavy atom. The molecule has 2 saturated heterocycles. The molecule has 0 aromatic rings. The van der Waals surface area contributed by atoms with Crippen LogP contribution < -0.4 is 10.0 Å². The summed E-state index contributed by atoms with van der Waals surface area (Å²) in [6.07, 6.45) is 6.05. The topological polar surface area (TPSA) is 136 Å². The highest BCUT2D eigenvalue weighted by molar-refractivity contribution is 7.90. The maximum Gasteiger partial charge on any atom is 0.243 e. The van der Waals surface area contributed by atoms with Crippen molar-refractivity contribution in [3.8, 4) is 0 Å². The molecule has 190 valence electrons. The Bertz CT molecular complexity index is 930. The Balaban J connectivity index is 1.34. The highest BCUT2D eigenvalue weighted by Gasteiger charge is 2.60. The number of nitrogens with one attached hydrogen (secondary N) is 2. The average molecular weight is 497 g/mol. The summed E-state index contributed by atoms with van der Waals surface area (Å²) in [6.45, 7) is 5.64. The molecule has 2 aliphatic heterocycles. The summed E-state index contributed by atoms with van der Waals surface area (Å²) in [5, 5.41) is 13.1. The molecule has 2 saturated carbocycles. The van der Waals surface area contributed by atoms with Gasteiger partial charge in [-0.3, -0.25) is 14.4 Å². The number of carbonyl (C=O) groups excluding carboxylic acids is 3. The third kappa shape index (κ3) is 5.31. The van der Waals surface area contributed by atoms with E-state index in [9.17, 15) is 27.9 Å². The Morgan fingerprint density at radius 1 is 1.03 bits per heavy atom. The van der Waals surface area contributed by atoms with E-state index in [1.165, 1.54) is 4.90 Å². The van der Waals surface area contributed by atoms with Crippen LogP contribution >= 0.6 is 0 Å². The highest BCUT2D eigenvalue weighted by atomic mass is 32.2. The molecule has 4 atom stereocenters. The fourth-order valence-electron chi connectivity index (χ4n) is 5.17. The number of piperidine rings is 1. The van der Waals surface area contributed by atoms with Crippen LogP contribution in [-0.4, -0.2) is 83.7 Å². The number of hydrogen-bond donors (Lipinski definition) is 3. The van der Waals surface area contributed by atoms with Crippen LogP contribution in [0, 0.1) is 5.92 Å². The van der Waals surface area contributed by atoms with Crippen molar-refractivity contribution in [3.63, 3.8) is 0 Å². The van der Waals surface area contributed by atoms with Gasteiger partial charge in [0.1, 0.15) is 12.3 Å². The summed E-state index contributed by atoms with van der Waals surface area (Å²) in [5.74, 6) is -0.948. The molecule has 11 heteroatoms. The molecular formula is C23H36N4O6S. The van der Waals surface area contributed by atoms with Crippen molar-refractivity contribution >= 4 is 27.7 Å². The second kappa shape index (κ2) is 9.94. The number of amides is 3. The number of hydrogen-bond acceptors (Lipinski definition) is 6. The van der Waals surface area contributed by atoms with Crippen LogP contribution in [0.1, 0.15) is 64.2 Å². The van der Waals surface area contributed by atoms with Crippen LogP contribution in [0.25, 0.3) is 0 Å². The monoisotopic (exact) mass is 496 g/mol. The van der Waals surface area contributed by atoms with Crippen LogP contribution in [0.2, 0.25) is 0 Å². The molecule has 2 aliphatic carbocycles. The predicted molar refractivity (Wildman–Crippen MR) is 125 cm³/mol. The average Bonchev–Trinajstić information content (AvgIpc) is 3.74. The van der Waals surface area contributed by atoms with Crippen molar-refractivity contribution in [2.75, 3.05) is 19.6 Å². The summed E-state index contributed by atoms with van der Waals surface area (Å²) >= 11 is 0. The van der Waals surface area contributed by atoms with Gasteiger partial charge in [-0.15, -0.1) is 6.58 Å². The second-order valence-corrected chi connectivity index (χ2v) is 12.0. The lowest BCUT2D eigenvalue weighted by Gasteiger charge is -2.30. The largest absolute Gasteiger partial charge is 0.375 e. The number of nitrogens with zero attached hydrogens (tertiary/aromatic N) is 2. The van der Waals surface area contributed by atoms with Gasteiger partial charge in [0.05, 0.1) is 10.8 Å². The Hall–Kier alpha value is -1.98. The molecular weight excluding hydrogens is 460 g/mol. The van der Waals surface area contributed by atoms with Crippen LogP contribution in [0.3, 0.4) is 0 Å². The van der Waals surface area contributed by atoms with Gasteiger partial charge < -0.3 is 20.2 Å². The van der Waals surface area contributed by atoms with Gasteiger partial charge in [0.2, 0.25) is 27.7 Å². The van der Waals surface area contributed by atoms with Gasteiger partial charge in [-0.05, 0) is 51.4 Å². The first-order valence-corrected chi connectivity index (χ1v) is 13.9. The lowest BCUT2D eigenvalue weighted by Crippen LogP contribution is -2.58. The molecule has 0 aromatic heterocycles. The fourth-order valence-corrected chi connectivity index (χ4v) is 6.64. The molecule has 4 rings (SSSR count). The first-order chi connectivity index (χ1) is 16.2. The summed E-state index contributed by atoms with van der Waals surface area (Å²) in [7, 11) is -3.65. The molecule has 3 amide bonds. The Kier molecular flexibility index (Phi) is 7.35. The molecule has 4 aliphatic rings. The summed E-state index contributed by atoms with van der Waals surface area (Å²) in [4.78, 5) is 41.8. The number of aliphatic hydroxyl groups excluding tert-OH is 1. The quantitative estimate of drug-likeness (QED) is 0.293. The van der Waals surface area contributed by atoms with E-state index in [0.29, 0.717) is 38.6 Å². The number of likely N-dealkylation sites (tertiary alicyclic amines) is 2. The minimum absolute atomic E-state index is 0.0231. The third-order valence-corrected chi connectivity index (χ3v) is 9.46. The van der Waals surface area contributed by atoms with Crippen LogP contribution in [0.4, 0.5) is 0 Å². The second-order valence-electron chi connectivity index (χ2n) is 10.0. The Labute approximate surface area is 201 Å². The van der Waals surface area contributed by atoms with Crippen molar-refractivity contribution in [1.29, 1.82) is 0 Å². The zero-order chi connectivity index (χ0) is 24.5. The van der Waals surface area contributed by atoms with Crippen LogP contribution in [0.5, 0.6) is 0 Å². The molecule has 10 nitrogen and oxygen atoms in total. The van der Waals surface area contributed by atoms with Crippen molar-refractivity contribution in [2.24, 2.45) is 5.92 Å². The van der Waals surface area contributed by atoms with E-state index in [0.717, 1.165) is 32.4 Å². The number of rotatable bonds is 10. The molecule has 0 spiro atoms. The van der Waals surface area contributed by atoms with Crippen LogP contribution in [0.15, 0.2) is 12.7 Å². The first-order valence-electron chi connectivity index (χ1n) is 12.4. The standard InChI is InChI=1S/C23H36N4O6S/c1-2-16-15-23(16,22(31)25-34(32,33)17-8-9-17)24-21(30)18-7-6-14-27(18)20(29)11-10-19(28)26-12-4-3-5-13-26/h2,16-18,22,25,31H,1,3-15H2,(H,24,30)/t16?,18-,22?,23?/m0/s1. The van der Waals surface area contributed by atoms with E-state index in [-0.39, 0.29) is 30.6 Å². The molecule has 0 aromatic carbocycles. The lowest BCUT2D eigenvalue weighted by atomic mass is 10.1. The van der Waals surface area contributed by atoms with E-state index >= 15 is 0 Å². The van der Waals surface area contributed by atoms with Gasteiger partial charge in [0.25, 0.3) is 0 Å². The highest BCUT2D eigenvalue weighted by Crippen LogP contribution is 2.47. The maximum atomic E-state index is 13.2. The summed E-state index contributed by atoms with van der Waals surface area (Å²) in [5.41, 5.74) is -1.16. The third-order valence-electron chi connectivity index (χ3n) is 7.56. The smallest absolute Gasteiger partial charge is 0.243 e. The van der Waals surface area contributed by atoms with E-state index < -0.39 is 39.0 Å². The number of aliphatic hydroxyl groups is 1. The van der Waals surface area contributed by atoms with E-state index in [1.54, 1.807) is 11.0 Å². The molecule has 3 N–H and O–H groups in total. The van der Waals surface area contributed by atoms with Crippen LogP contribution in [-0.2, 0) is 24.4 Å². The van der Waals surface area contributed by atoms with Gasteiger partial charge >= 0.3 is 0 Å². The van der Waals surface area contributed by atoms with E-state index in [4.69, 9.17) is 0 Å². The molecule has 2 heterocycles. The zero-order valence-electron chi connectivity index (χ0n) is 19.6. The number of carbonyl (C=O) groups is 3. The minimum atomic E-state index is -3.65. The lowest BCUT2D eigenvalue weighted by molar-refractivity contribution is -0.141. The summed E-state index contributed by atoms with van der Waals surface area (Å²) in [6, 6.07) is -0.701. The van der Waals surface area contributed by atoms with E-state index in [2.05, 4.69) is 16.6 Å². The molecule has 0 radical (unpaired) electrons. The zero-order valence-corrected chi connectivity index (χ0v) is 20.4. The first kappa shape index (κ1) is 25.1. The molecule has 0 bridgehead atoms. The van der Waals surface area contributed by atoms with Gasteiger partial charge in [0.15, 0.2) is 0 Å². The molecule has 3 unspecified atom stereocenters. The normalized spacial score (nSPS) is 30.0. The van der Waals surface area contributed by atoms with Crippen molar-refractivity contribution in [3.05, 3.63) is 12.7 Å². The van der Waals surface area contributed by atoms with Crippen molar-refractivity contribution in [1.82, 2.24) is 19.8 Å². The maximum absolute atomic E-state index is 13.2. The molecule has 4 fully saturated rings. The van der Waals surface area contributed by atoms with E-state index in [1.807, 2.05) is 0 Å². The van der Waals surface area contributed by atoms with Gasteiger partial charge in [0, 0.05) is 38.4 Å². The SMILES string of the molecule is C=CC1CC1(NC(=O)[C@@H]1CCCN1C(=O)CCC(=O)N1CCCCC1)C(O)NS(=O)(=O)C1CC1. The van der Waals surface area contributed by atoms with Gasteiger partial charge in [-0.25, -0.2) is 8.42 Å². The van der Waals surface area contributed by atoms with Gasteiger partial charge in [-0.1, -0.05) is 6.08 Å². The van der Waals surface area contributed by atoms with Crippen molar-refractivity contribution in [2.45, 2.75) is 87.3 Å². The van der Waals surface area contributed by atoms with Gasteiger partial charge in [-0.2, -0.15) is 4.72 Å². The minimum Gasteiger partial charge on any atom is -0.375 e. The fraction of sp³-hybridized carbons (Fsp3) is 0.783. The Morgan fingerprint density at radius 3 is 2.32 bits per heavy atom.